The molecule has 3 heteroatoms. The first-order valence-corrected chi connectivity index (χ1v) is 5.82. The monoisotopic (exact) mass is 233 g/mol. The number of carbonyl (C=O) groups is 1. The van der Waals surface area contributed by atoms with Crippen LogP contribution in [0.1, 0.15) is 40.8 Å². The van der Waals surface area contributed by atoms with Gasteiger partial charge < -0.3 is 9.32 Å². The number of hydrogen-bond donors (Lipinski definition) is 0. The summed E-state index contributed by atoms with van der Waals surface area (Å²) in [7, 11) is 0. The van der Waals surface area contributed by atoms with Gasteiger partial charge in [-0.15, -0.1) is 6.42 Å². The minimum absolute atomic E-state index is 0.0309. The molecule has 1 rings (SSSR count). The van der Waals surface area contributed by atoms with E-state index < -0.39 is 0 Å². The lowest BCUT2D eigenvalue weighted by atomic mass is 10.1. The van der Waals surface area contributed by atoms with Crippen LogP contribution in [0.4, 0.5) is 0 Å². The number of aryl methyl sites for hydroxylation is 2. The number of furan rings is 1. The van der Waals surface area contributed by atoms with Gasteiger partial charge >= 0.3 is 0 Å². The molecule has 0 atom stereocenters. The van der Waals surface area contributed by atoms with Gasteiger partial charge in [0.05, 0.1) is 12.1 Å². The van der Waals surface area contributed by atoms with Crippen LogP contribution in [0.15, 0.2) is 4.42 Å². The van der Waals surface area contributed by atoms with Crippen LogP contribution < -0.4 is 0 Å². The van der Waals surface area contributed by atoms with E-state index >= 15 is 0 Å². The molecular formula is C14H19NO2. The topological polar surface area (TPSA) is 33.5 Å². The molecule has 0 aliphatic rings. The summed E-state index contributed by atoms with van der Waals surface area (Å²) in [6, 6.07) is 0. The van der Waals surface area contributed by atoms with Crippen LogP contribution in [0.5, 0.6) is 0 Å². The molecule has 0 spiro atoms. The second-order valence-electron chi connectivity index (χ2n) is 4.15. The molecule has 1 amide bonds. The third-order valence-corrected chi connectivity index (χ3v) is 2.84. The molecule has 0 saturated carbocycles. The fourth-order valence-electron chi connectivity index (χ4n) is 1.90. The van der Waals surface area contributed by atoms with Crippen LogP contribution in [-0.2, 0) is 0 Å². The first-order valence-electron chi connectivity index (χ1n) is 5.82. The maximum atomic E-state index is 12.4. The van der Waals surface area contributed by atoms with E-state index in [9.17, 15) is 4.79 Å². The van der Waals surface area contributed by atoms with Crippen molar-refractivity contribution in [1.29, 1.82) is 0 Å². The average molecular weight is 233 g/mol. The molecule has 0 unspecified atom stereocenters. The van der Waals surface area contributed by atoms with E-state index in [1.165, 1.54) is 0 Å². The highest BCUT2D eigenvalue weighted by Gasteiger charge is 2.22. The van der Waals surface area contributed by atoms with Gasteiger partial charge in [0.15, 0.2) is 0 Å². The van der Waals surface area contributed by atoms with Crippen molar-refractivity contribution in [2.75, 3.05) is 13.1 Å². The highest BCUT2D eigenvalue weighted by Crippen LogP contribution is 2.22. The maximum absolute atomic E-state index is 12.4. The van der Waals surface area contributed by atoms with Crippen LogP contribution in [0.2, 0.25) is 0 Å². The lowest BCUT2D eigenvalue weighted by Crippen LogP contribution is -2.32. The zero-order valence-corrected chi connectivity index (χ0v) is 11.0. The molecule has 1 aromatic rings. The van der Waals surface area contributed by atoms with Crippen molar-refractivity contribution < 1.29 is 9.21 Å². The number of rotatable bonds is 4. The van der Waals surface area contributed by atoms with Crippen molar-refractivity contribution in [3.8, 4) is 12.3 Å². The van der Waals surface area contributed by atoms with Crippen LogP contribution in [-0.4, -0.2) is 23.9 Å². The van der Waals surface area contributed by atoms with Gasteiger partial charge in [0.1, 0.15) is 11.5 Å². The number of hydrogen-bond acceptors (Lipinski definition) is 2. The first-order chi connectivity index (χ1) is 8.02. The molecule has 3 nitrogen and oxygen atoms in total. The van der Waals surface area contributed by atoms with E-state index in [1.807, 2.05) is 27.7 Å². The van der Waals surface area contributed by atoms with Crippen molar-refractivity contribution in [2.24, 2.45) is 0 Å². The van der Waals surface area contributed by atoms with E-state index in [4.69, 9.17) is 10.8 Å². The molecule has 0 radical (unpaired) electrons. The normalized spacial score (nSPS) is 10.1. The van der Waals surface area contributed by atoms with E-state index in [0.717, 1.165) is 17.7 Å². The molecule has 0 aromatic carbocycles. The Labute approximate surface area is 103 Å². The Morgan fingerprint density at radius 3 is 2.41 bits per heavy atom. The Morgan fingerprint density at radius 2 is 2.00 bits per heavy atom. The Morgan fingerprint density at radius 1 is 1.35 bits per heavy atom. The largest absolute Gasteiger partial charge is 0.466 e. The summed E-state index contributed by atoms with van der Waals surface area (Å²) in [5.74, 6) is 3.96. The van der Waals surface area contributed by atoms with Gasteiger partial charge in [-0.1, -0.05) is 12.8 Å². The number of nitrogens with zero attached hydrogens (tertiary/aromatic N) is 1. The number of carbonyl (C=O) groups excluding carboxylic acids is 1. The average Bonchev–Trinajstić information content (AvgIpc) is 2.52. The Bertz CT molecular complexity index is 452. The third kappa shape index (κ3) is 2.71. The molecule has 0 aliphatic carbocycles. The van der Waals surface area contributed by atoms with E-state index in [1.54, 1.807) is 4.90 Å². The zero-order valence-electron chi connectivity index (χ0n) is 11.0. The molecule has 0 N–H and O–H groups in total. The summed E-state index contributed by atoms with van der Waals surface area (Å²) >= 11 is 0. The van der Waals surface area contributed by atoms with Crippen molar-refractivity contribution >= 4 is 5.91 Å². The molecular weight excluding hydrogens is 214 g/mol. The highest BCUT2D eigenvalue weighted by atomic mass is 16.3. The molecule has 0 saturated heterocycles. The molecule has 92 valence electrons. The van der Waals surface area contributed by atoms with Crippen LogP contribution in [0.25, 0.3) is 0 Å². The van der Waals surface area contributed by atoms with Gasteiger partial charge in [-0.25, -0.2) is 0 Å². The van der Waals surface area contributed by atoms with Gasteiger partial charge in [0, 0.05) is 12.1 Å². The molecule has 0 fully saturated rings. The predicted octanol–water partition coefficient (Wildman–Crippen LogP) is 2.69. The number of terminal acetylenes is 1. The molecule has 0 bridgehead atoms. The summed E-state index contributed by atoms with van der Waals surface area (Å²) in [6.45, 7) is 8.62. The standard InChI is InChI=1S/C14H19NO2/c1-6-8-15(9-7-2)14(16)13-10(3)11(4)17-12(13)5/h1H,7-9H2,2-5H3. The van der Waals surface area contributed by atoms with Gasteiger partial charge in [0.25, 0.3) is 5.91 Å². The fraction of sp³-hybridized carbons (Fsp3) is 0.500. The molecule has 0 aliphatic heterocycles. The molecule has 17 heavy (non-hydrogen) atoms. The zero-order chi connectivity index (χ0) is 13.0. The van der Waals surface area contributed by atoms with Crippen molar-refractivity contribution in [3.63, 3.8) is 0 Å². The lowest BCUT2D eigenvalue weighted by Gasteiger charge is -2.19. The second kappa shape index (κ2) is 5.58. The summed E-state index contributed by atoms with van der Waals surface area (Å²) in [6.07, 6.45) is 6.18. The van der Waals surface area contributed by atoms with Crippen molar-refractivity contribution in [2.45, 2.75) is 34.1 Å². The minimum atomic E-state index is -0.0309. The van der Waals surface area contributed by atoms with Crippen LogP contribution in [0, 0.1) is 33.1 Å². The Hall–Kier alpha value is -1.69. The quantitative estimate of drug-likeness (QED) is 0.749. The first kappa shape index (κ1) is 13.4. The maximum Gasteiger partial charge on any atom is 0.258 e. The highest BCUT2D eigenvalue weighted by molar-refractivity contribution is 5.97. The van der Waals surface area contributed by atoms with Crippen molar-refractivity contribution in [3.05, 3.63) is 22.6 Å². The van der Waals surface area contributed by atoms with Gasteiger partial charge in [-0.3, -0.25) is 4.79 Å². The molecule has 1 heterocycles. The van der Waals surface area contributed by atoms with E-state index in [0.29, 0.717) is 24.4 Å². The van der Waals surface area contributed by atoms with Gasteiger partial charge in [0.2, 0.25) is 0 Å². The van der Waals surface area contributed by atoms with E-state index in [2.05, 4.69) is 5.92 Å². The van der Waals surface area contributed by atoms with Crippen LogP contribution in [0.3, 0.4) is 0 Å². The second-order valence-corrected chi connectivity index (χ2v) is 4.15. The fourth-order valence-corrected chi connectivity index (χ4v) is 1.90. The Kier molecular flexibility index (Phi) is 4.39. The number of amides is 1. The minimum Gasteiger partial charge on any atom is -0.466 e. The van der Waals surface area contributed by atoms with E-state index in [-0.39, 0.29) is 5.91 Å². The predicted molar refractivity (Wildman–Crippen MR) is 67.9 cm³/mol. The Balaban J connectivity index is 3.05. The lowest BCUT2D eigenvalue weighted by molar-refractivity contribution is 0.0774. The van der Waals surface area contributed by atoms with Crippen molar-refractivity contribution in [1.82, 2.24) is 4.90 Å². The molecule has 1 aromatic heterocycles. The summed E-state index contributed by atoms with van der Waals surface area (Å²) in [5.41, 5.74) is 1.57. The van der Waals surface area contributed by atoms with Gasteiger partial charge in [-0.2, -0.15) is 0 Å². The SMILES string of the molecule is C#CCN(CCC)C(=O)c1c(C)oc(C)c1C. The summed E-state index contributed by atoms with van der Waals surface area (Å²) in [4.78, 5) is 14.0. The third-order valence-electron chi connectivity index (χ3n) is 2.84. The smallest absolute Gasteiger partial charge is 0.258 e. The summed E-state index contributed by atoms with van der Waals surface area (Å²) < 4.78 is 5.47. The van der Waals surface area contributed by atoms with Crippen LogP contribution >= 0.6 is 0 Å². The summed E-state index contributed by atoms with van der Waals surface area (Å²) in [5, 5.41) is 0. The van der Waals surface area contributed by atoms with Gasteiger partial charge in [-0.05, 0) is 27.2 Å².